The van der Waals surface area contributed by atoms with Crippen LogP contribution in [0.3, 0.4) is 0 Å². The van der Waals surface area contributed by atoms with Gasteiger partial charge >= 0.3 is 0 Å². The Morgan fingerprint density at radius 2 is 1.75 bits per heavy atom. The summed E-state index contributed by atoms with van der Waals surface area (Å²) in [6, 6.07) is 14.0. The van der Waals surface area contributed by atoms with Crippen LogP contribution in [0.2, 0.25) is 10.0 Å². The first kappa shape index (κ1) is 26.0. The molecular formula is C25H32Cl2N2O3. The molecule has 0 unspecified atom stereocenters. The van der Waals surface area contributed by atoms with E-state index in [1.54, 1.807) is 35.2 Å². The predicted molar refractivity (Wildman–Crippen MR) is 130 cm³/mol. The van der Waals surface area contributed by atoms with Gasteiger partial charge in [0.1, 0.15) is 11.8 Å². The van der Waals surface area contributed by atoms with Crippen LogP contribution in [0.5, 0.6) is 5.75 Å². The molecule has 0 heterocycles. The number of halogens is 2. The molecule has 0 saturated heterocycles. The molecule has 5 nitrogen and oxygen atoms in total. The Kier molecular flexibility index (Phi) is 11.4. The van der Waals surface area contributed by atoms with E-state index in [9.17, 15) is 9.59 Å². The number of unbranched alkanes of at least 4 members (excludes halogenated alkanes) is 1. The summed E-state index contributed by atoms with van der Waals surface area (Å²) in [4.78, 5) is 27.7. The molecule has 174 valence electrons. The van der Waals surface area contributed by atoms with Crippen molar-refractivity contribution in [2.75, 3.05) is 13.2 Å². The van der Waals surface area contributed by atoms with E-state index < -0.39 is 6.04 Å². The van der Waals surface area contributed by atoms with Crippen molar-refractivity contribution < 1.29 is 14.3 Å². The van der Waals surface area contributed by atoms with Crippen LogP contribution >= 0.6 is 23.2 Å². The highest BCUT2D eigenvalue weighted by molar-refractivity contribution is 6.31. The number of benzene rings is 2. The van der Waals surface area contributed by atoms with Crippen LogP contribution in [-0.2, 0) is 16.1 Å². The quantitative estimate of drug-likeness (QED) is 0.365. The zero-order chi connectivity index (χ0) is 23.3. The maximum Gasteiger partial charge on any atom is 0.242 e. The monoisotopic (exact) mass is 478 g/mol. The van der Waals surface area contributed by atoms with Gasteiger partial charge < -0.3 is 15.0 Å². The summed E-state index contributed by atoms with van der Waals surface area (Å²) in [6.45, 7) is 5.28. The molecule has 32 heavy (non-hydrogen) atoms. The molecule has 0 fully saturated rings. The average Bonchev–Trinajstić information content (AvgIpc) is 2.79. The molecule has 0 aliphatic heterocycles. The van der Waals surface area contributed by atoms with Gasteiger partial charge in [-0.15, -0.1) is 0 Å². The van der Waals surface area contributed by atoms with E-state index in [-0.39, 0.29) is 24.8 Å². The largest absolute Gasteiger partial charge is 0.494 e. The Hall–Kier alpha value is -2.24. The molecule has 0 radical (unpaired) electrons. The summed E-state index contributed by atoms with van der Waals surface area (Å²) in [5.74, 6) is 0.484. The smallest absolute Gasteiger partial charge is 0.242 e. The minimum Gasteiger partial charge on any atom is -0.494 e. The number of amides is 2. The van der Waals surface area contributed by atoms with Crippen molar-refractivity contribution in [3.05, 3.63) is 64.1 Å². The third kappa shape index (κ3) is 8.36. The van der Waals surface area contributed by atoms with Crippen molar-refractivity contribution in [2.24, 2.45) is 0 Å². The Morgan fingerprint density at radius 1 is 1.03 bits per heavy atom. The summed E-state index contributed by atoms with van der Waals surface area (Å²) < 4.78 is 5.70. The zero-order valence-electron chi connectivity index (χ0n) is 18.8. The second-order valence-corrected chi connectivity index (χ2v) is 8.43. The summed E-state index contributed by atoms with van der Waals surface area (Å²) in [5.41, 5.74) is 0.819. The molecule has 2 rings (SSSR count). The number of rotatable bonds is 13. The standard InChI is InChI=1S/C25H32Cl2N2O3/c1-3-5-16-28-25(31)23(4-2)29(18-19-9-6-7-10-22(19)27)24(30)11-8-17-32-21-14-12-20(26)13-15-21/h6-7,9-10,12-15,23H,3-5,8,11,16-18H2,1-2H3,(H,28,31)/t23-/m0/s1. The lowest BCUT2D eigenvalue weighted by molar-refractivity contribution is -0.141. The average molecular weight is 479 g/mol. The van der Waals surface area contributed by atoms with E-state index in [2.05, 4.69) is 12.2 Å². The molecule has 0 aromatic heterocycles. The summed E-state index contributed by atoms with van der Waals surface area (Å²) in [7, 11) is 0. The SMILES string of the molecule is CCCCNC(=O)[C@H](CC)N(Cc1ccccc1Cl)C(=O)CCCOc1ccc(Cl)cc1. The number of hydrogen-bond acceptors (Lipinski definition) is 3. The van der Waals surface area contributed by atoms with Gasteiger partial charge in [-0.05, 0) is 55.2 Å². The number of hydrogen-bond donors (Lipinski definition) is 1. The van der Waals surface area contributed by atoms with Crippen LogP contribution < -0.4 is 10.1 Å². The molecule has 0 saturated carbocycles. The maximum atomic E-state index is 13.2. The van der Waals surface area contributed by atoms with Crippen LogP contribution in [0.25, 0.3) is 0 Å². The van der Waals surface area contributed by atoms with Gasteiger partial charge in [-0.1, -0.05) is 61.7 Å². The lowest BCUT2D eigenvalue weighted by atomic mass is 10.1. The fraction of sp³-hybridized carbons (Fsp3) is 0.440. The highest BCUT2D eigenvalue weighted by Crippen LogP contribution is 2.21. The molecule has 2 aromatic carbocycles. The van der Waals surface area contributed by atoms with Gasteiger partial charge in [0, 0.05) is 29.6 Å². The highest BCUT2D eigenvalue weighted by atomic mass is 35.5. The van der Waals surface area contributed by atoms with E-state index in [0.717, 1.165) is 18.4 Å². The Morgan fingerprint density at radius 3 is 2.41 bits per heavy atom. The summed E-state index contributed by atoms with van der Waals surface area (Å²) in [6.07, 6.45) is 3.23. The lowest BCUT2D eigenvalue weighted by Crippen LogP contribution is -2.49. The van der Waals surface area contributed by atoms with Crippen LogP contribution in [0, 0.1) is 0 Å². The fourth-order valence-electron chi connectivity index (χ4n) is 3.32. The molecule has 0 spiro atoms. The lowest BCUT2D eigenvalue weighted by Gasteiger charge is -2.31. The van der Waals surface area contributed by atoms with Crippen molar-refractivity contribution in [3.63, 3.8) is 0 Å². The summed E-state index contributed by atoms with van der Waals surface area (Å²) in [5, 5.41) is 4.19. The van der Waals surface area contributed by atoms with E-state index >= 15 is 0 Å². The highest BCUT2D eigenvalue weighted by Gasteiger charge is 2.28. The van der Waals surface area contributed by atoms with E-state index in [4.69, 9.17) is 27.9 Å². The van der Waals surface area contributed by atoms with Crippen LogP contribution in [0.4, 0.5) is 0 Å². The first-order valence-corrected chi connectivity index (χ1v) is 11.9. The van der Waals surface area contributed by atoms with Crippen molar-refractivity contribution in [2.45, 2.75) is 58.5 Å². The third-order valence-electron chi connectivity index (χ3n) is 5.13. The van der Waals surface area contributed by atoms with Crippen molar-refractivity contribution in [1.29, 1.82) is 0 Å². The van der Waals surface area contributed by atoms with Gasteiger partial charge in [-0.3, -0.25) is 9.59 Å². The molecule has 2 aromatic rings. The number of carbonyl (C=O) groups excluding carboxylic acids is 2. The Labute approximate surface area is 201 Å². The first-order chi connectivity index (χ1) is 15.5. The second kappa shape index (κ2) is 14.0. The van der Waals surface area contributed by atoms with E-state index in [1.807, 2.05) is 25.1 Å². The second-order valence-electron chi connectivity index (χ2n) is 7.59. The van der Waals surface area contributed by atoms with E-state index in [0.29, 0.717) is 41.8 Å². The van der Waals surface area contributed by atoms with Crippen LogP contribution in [0.1, 0.15) is 51.5 Å². The van der Waals surface area contributed by atoms with Crippen molar-refractivity contribution in [3.8, 4) is 5.75 Å². The van der Waals surface area contributed by atoms with Gasteiger partial charge in [0.05, 0.1) is 6.61 Å². The number of ether oxygens (including phenoxy) is 1. The molecule has 2 amide bonds. The first-order valence-electron chi connectivity index (χ1n) is 11.1. The molecule has 0 aliphatic carbocycles. The fourth-order valence-corrected chi connectivity index (χ4v) is 3.65. The van der Waals surface area contributed by atoms with Crippen LogP contribution in [-0.4, -0.2) is 35.9 Å². The van der Waals surface area contributed by atoms with E-state index in [1.165, 1.54) is 0 Å². The normalized spacial score (nSPS) is 11.6. The van der Waals surface area contributed by atoms with Crippen molar-refractivity contribution >= 4 is 35.0 Å². The van der Waals surface area contributed by atoms with Gasteiger partial charge in [-0.25, -0.2) is 0 Å². The van der Waals surface area contributed by atoms with Gasteiger partial charge in [0.2, 0.25) is 11.8 Å². The topological polar surface area (TPSA) is 58.6 Å². The zero-order valence-corrected chi connectivity index (χ0v) is 20.3. The van der Waals surface area contributed by atoms with Crippen molar-refractivity contribution in [1.82, 2.24) is 10.2 Å². The number of carbonyl (C=O) groups is 2. The molecule has 0 bridgehead atoms. The molecular weight excluding hydrogens is 447 g/mol. The molecule has 0 aliphatic rings. The number of nitrogens with zero attached hydrogens (tertiary/aromatic N) is 1. The Bertz CT molecular complexity index is 859. The van der Waals surface area contributed by atoms with Crippen LogP contribution in [0.15, 0.2) is 48.5 Å². The minimum absolute atomic E-state index is 0.0953. The Balaban J connectivity index is 2.04. The molecule has 1 N–H and O–H groups in total. The predicted octanol–water partition coefficient (Wildman–Crippen LogP) is 5.88. The summed E-state index contributed by atoms with van der Waals surface area (Å²) >= 11 is 12.2. The minimum atomic E-state index is -0.548. The number of nitrogens with one attached hydrogen (secondary N) is 1. The maximum absolute atomic E-state index is 13.2. The van der Waals surface area contributed by atoms with Gasteiger partial charge in [0.15, 0.2) is 0 Å². The third-order valence-corrected chi connectivity index (χ3v) is 5.75. The van der Waals surface area contributed by atoms with Gasteiger partial charge in [-0.2, -0.15) is 0 Å². The molecule has 1 atom stereocenters. The van der Waals surface area contributed by atoms with Gasteiger partial charge in [0.25, 0.3) is 0 Å². The molecule has 7 heteroatoms.